The largest absolute Gasteiger partial charge is 0.446 e. The number of halogens is 3. The molecule has 0 aromatic rings. The molecule has 0 aromatic heterocycles. The average molecular weight is 236 g/mol. The van der Waals surface area contributed by atoms with Crippen molar-refractivity contribution >= 4 is 5.97 Å². The van der Waals surface area contributed by atoms with Gasteiger partial charge in [-0.15, -0.1) is 0 Å². The van der Waals surface area contributed by atoms with Gasteiger partial charge in [0.25, 0.3) is 0 Å². The molecule has 0 unspecified atom stereocenters. The molecule has 2 nitrogen and oxygen atoms in total. The topological polar surface area (TPSA) is 26.3 Å². The Labute approximate surface area is 92.5 Å². The van der Waals surface area contributed by atoms with Gasteiger partial charge in [-0.25, -0.2) is 4.79 Å². The number of carbonyl (C=O) groups excluding carboxylic acids is 1. The Morgan fingerprint density at radius 1 is 1.25 bits per heavy atom. The second-order valence-electron chi connectivity index (χ2n) is 4.22. The van der Waals surface area contributed by atoms with Gasteiger partial charge in [-0.2, -0.15) is 13.2 Å². The highest BCUT2D eigenvalue weighted by molar-refractivity contribution is 5.87. The van der Waals surface area contributed by atoms with E-state index in [0.717, 1.165) is 6.42 Å². The molecule has 1 saturated carbocycles. The molecule has 0 atom stereocenters. The summed E-state index contributed by atoms with van der Waals surface area (Å²) < 4.78 is 43.4. The number of rotatable bonds is 2. The van der Waals surface area contributed by atoms with Crippen LogP contribution in [0, 0.1) is 0 Å². The van der Waals surface area contributed by atoms with Crippen molar-refractivity contribution in [1.29, 1.82) is 0 Å². The number of hydrogen-bond donors (Lipinski definition) is 0. The van der Waals surface area contributed by atoms with Crippen molar-refractivity contribution in [3.63, 3.8) is 0 Å². The fourth-order valence-electron chi connectivity index (χ4n) is 1.83. The van der Waals surface area contributed by atoms with Crippen LogP contribution in [0.4, 0.5) is 13.2 Å². The van der Waals surface area contributed by atoms with Crippen molar-refractivity contribution in [3.8, 4) is 0 Å². The highest BCUT2D eigenvalue weighted by Gasteiger charge is 2.58. The maximum atomic E-state index is 12.9. The van der Waals surface area contributed by atoms with E-state index in [1.807, 2.05) is 0 Å². The van der Waals surface area contributed by atoms with Gasteiger partial charge in [0.15, 0.2) is 0 Å². The Morgan fingerprint density at radius 2 is 1.75 bits per heavy atom. The van der Waals surface area contributed by atoms with Crippen LogP contribution in [0.15, 0.2) is 12.2 Å². The molecule has 0 heterocycles. The molecule has 0 aliphatic heterocycles. The zero-order valence-electron chi connectivity index (χ0n) is 9.19. The minimum atomic E-state index is -4.50. The third kappa shape index (κ3) is 2.57. The molecule has 0 radical (unpaired) electrons. The molecule has 0 bridgehead atoms. The summed E-state index contributed by atoms with van der Waals surface area (Å²) in [7, 11) is 0. The van der Waals surface area contributed by atoms with Crippen molar-refractivity contribution < 1.29 is 22.7 Å². The van der Waals surface area contributed by atoms with E-state index in [2.05, 4.69) is 11.3 Å². The van der Waals surface area contributed by atoms with Crippen molar-refractivity contribution in [2.45, 2.75) is 50.8 Å². The van der Waals surface area contributed by atoms with E-state index in [9.17, 15) is 18.0 Å². The van der Waals surface area contributed by atoms with E-state index in [-0.39, 0.29) is 18.4 Å². The van der Waals surface area contributed by atoms with E-state index in [0.29, 0.717) is 12.8 Å². The average Bonchev–Trinajstić information content (AvgIpc) is 2.17. The van der Waals surface area contributed by atoms with Crippen LogP contribution in [0.3, 0.4) is 0 Å². The monoisotopic (exact) mass is 236 g/mol. The zero-order chi connectivity index (χ0) is 12.4. The highest BCUT2D eigenvalue weighted by Crippen LogP contribution is 2.44. The Kier molecular flexibility index (Phi) is 3.65. The molecule has 0 aromatic carbocycles. The van der Waals surface area contributed by atoms with E-state index in [4.69, 9.17) is 0 Å². The van der Waals surface area contributed by atoms with Gasteiger partial charge in [0.05, 0.1) is 0 Å². The number of hydrogen-bond acceptors (Lipinski definition) is 2. The first-order valence-electron chi connectivity index (χ1n) is 5.24. The summed E-state index contributed by atoms with van der Waals surface area (Å²) in [5.41, 5.74) is -2.30. The fraction of sp³-hybridized carbons (Fsp3) is 0.727. The lowest BCUT2D eigenvalue weighted by Gasteiger charge is -2.38. The molecule has 1 rings (SSSR count). The Morgan fingerprint density at radius 3 is 2.12 bits per heavy atom. The molecule has 1 aliphatic rings. The normalized spacial score (nSPS) is 20.2. The number of carbonyl (C=O) groups is 1. The molecule has 1 aliphatic carbocycles. The van der Waals surface area contributed by atoms with E-state index >= 15 is 0 Å². The van der Waals surface area contributed by atoms with E-state index in [1.54, 1.807) is 0 Å². The summed E-state index contributed by atoms with van der Waals surface area (Å²) in [6, 6.07) is 0. The fourth-order valence-corrected chi connectivity index (χ4v) is 1.83. The summed E-state index contributed by atoms with van der Waals surface area (Å²) >= 11 is 0. The van der Waals surface area contributed by atoms with Gasteiger partial charge in [-0.05, 0) is 32.6 Å². The summed E-state index contributed by atoms with van der Waals surface area (Å²) in [5.74, 6) is -0.959. The summed E-state index contributed by atoms with van der Waals surface area (Å²) in [6.45, 7) is 4.63. The molecular formula is C11H15F3O2. The minimum absolute atomic E-state index is 0.00537. The molecule has 0 spiro atoms. The summed E-state index contributed by atoms with van der Waals surface area (Å²) in [4.78, 5) is 11.2. The van der Waals surface area contributed by atoms with Gasteiger partial charge >= 0.3 is 12.1 Å². The van der Waals surface area contributed by atoms with Crippen molar-refractivity contribution in [3.05, 3.63) is 12.2 Å². The number of esters is 1. The maximum Gasteiger partial charge on any atom is 0.428 e. The Hall–Kier alpha value is -1.00. The van der Waals surface area contributed by atoms with Gasteiger partial charge in [-0.3, -0.25) is 0 Å². The van der Waals surface area contributed by atoms with Gasteiger partial charge in [0, 0.05) is 5.57 Å². The van der Waals surface area contributed by atoms with Crippen molar-refractivity contribution in [2.75, 3.05) is 0 Å². The smallest absolute Gasteiger partial charge is 0.428 e. The summed E-state index contributed by atoms with van der Waals surface area (Å²) in [5, 5.41) is 0. The van der Waals surface area contributed by atoms with Crippen LogP contribution in [-0.4, -0.2) is 17.7 Å². The Balaban J connectivity index is 2.87. The van der Waals surface area contributed by atoms with E-state index < -0.39 is 17.7 Å². The first kappa shape index (κ1) is 13.1. The molecule has 5 heteroatoms. The molecule has 92 valence electrons. The van der Waals surface area contributed by atoms with Crippen LogP contribution in [0.25, 0.3) is 0 Å². The first-order valence-corrected chi connectivity index (χ1v) is 5.24. The third-order valence-corrected chi connectivity index (χ3v) is 2.81. The van der Waals surface area contributed by atoms with Crippen molar-refractivity contribution in [1.82, 2.24) is 0 Å². The number of ether oxygens (including phenoxy) is 1. The minimum Gasteiger partial charge on any atom is -0.446 e. The molecule has 1 fully saturated rings. The molecule has 0 saturated heterocycles. The molecule has 16 heavy (non-hydrogen) atoms. The lowest BCUT2D eigenvalue weighted by Crippen LogP contribution is -2.50. The molecule has 0 N–H and O–H groups in total. The molecular weight excluding hydrogens is 221 g/mol. The summed E-state index contributed by atoms with van der Waals surface area (Å²) in [6.07, 6.45) is -3.17. The lowest BCUT2D eigenvalue weighted by molar-refractivity contribution is -0.277. The van der Waals surface area contributed by atoms with E-state index in [1.165, 1.54) is 6.92 Å². The standard InChI is InChI=1S/C11H15F3O2/c1-8(2)9(15)16-10(11(12,13)14)6-4-3-5-7-10/h1,3-7H2,2H3. The van der Waals surface area contributed by atoms with Crippen LogP contribution in [0.5, 0.6) is 0 Å². The number of alkyl halides is 3. The van der Waals surface area contributed by atoms with Crippen LogP contribution in [0.2, 0.25) is 0 Å². The van der Waals surface area contributed by atoms with Crippen LogP contribution in [0.1, 0.15) is 39.0 Å². The zero-order valence-corrected chi connectivity index (χ0v) is 9.19. The maximum absolute atomic E-state index is 12.9. The predicted molar refractivity (Wildman–Crippen MR) is 52.8 cm³/mol. The van der Waals surface area contributed by atoms with Gasteiger partial charge in [0.2, 0.25) is 5.60 Å². The lowest BCUT2D eigenvalue weighted by atomic mass is 9.84. The highest BCUT2D eigenvalue weighted by atomic mass is 19.4. The van der Waals surface area contributed by atoms with Gasteiger partial charge in [-0.1, -0.05) is 13.0 Å². The van der Waals surface area contributed by atoms with Gasteiger partial charge < -0.3 is 4.74 Å². The SMILES string of the molecule is C=C(C)C(=O)OC1(C(F)(F)F)CCCCC1. The van der Waals surface area contributed by atoms with Crippen molar-refractivity contribution in [2.24, 2.45) is 0 Å². The quantitative estimate of drug-likeness (QED) is 0.542. The molecule has 0 amide bonds. The van der Waals surface area contributed by atoms with Crippen LogP contribution < -0.4 is 0 Å². The van der Waals surface area contributed by atoms with Crippen LogP contribution >= 0.6 is 0 Å². The third-order valence-electron chi connectivity index (χ3n) is 2.81. The predicted octanol–water partition coefficient (Wildman–Crippen LogP) is 3.37. The van der Waals surface area contributed by atoms with Crippen LogP contribution in [-0.2, 0) is 9.53 Å². The first-order chi connectivity index (χ1) is 7.28. The van der Waals surface area contributed by atoms with Gasteiger partial charge in [0.1, 0.15) is 0 Å². The second-order valence-corrected chi connectivity index (χ2v) is 4.22. The second kappa shape index (κ2) is 4.47. The Bertz CT molecular complexity index is 288.